The molecule has 0 N–H and O–H groups in total. The number of aromatic nitrogens is 2. The Labute approximate surface area is 187 Å². The molecule has 2 aliphatic heterocycles. The number of para-hydroxylation sites is 1. The lowest BCUT2D eigenvalue weighted by molar-refractivity contribution is -0.143. The Morgan fingerprint density at radius 1 is 1.06 bits per heavy atom. The van der Waals surface area contributed by atoms with Gasteiger partial charge in [0.1, 0.15) is 0 Å². The Hall–Kier alpha value is -2.14. The van der Waals surface area contributed by atoms with E-state index in [1.54, 1.807) is 0 Å². The van der Waals surface area contributed by atoms with E-state index in [1.807, 2.05) is 11.9 Å². The number of likely N-dealkylation sites (tertiary alicyclic amines) is 2. The minimum atomic E-state index is -0.182. The number of amides is 1. The number of hydrogen-bond acceptors (Lipinski definition) is 3. The summed E-state index contributed by atoms with van der Waals surface area (Å²) in [6.07, 6.45) is 5.58. The van der Waals surface area contributed by atoms with Gasteiger partial charge in [-0.15, -0.1) is 0 Å². The fraction of sp³-hybridized carbons (Fsp3) is 0.615. The van der Waals surface area contributed by atoms with E-state index < -0.39 is 0 Å². The van der Waals surface area contributed by atoms with Crippen molar-refractivity contribution in [1.29, 1.82) is 0 Å². The summed E-state index contributed by atoms with van der Waals surface area (Å²) < 4.78 is 2.10. The summed E-state index contributed by atoms with van der Waals surface area (Å²) in [6.45, 7) is 12.7. The molecule has 0 unspecified atom stereocenters. The van der Waals surface area contributed by atoms with Gasteiger partial charge in [0.2, 0.25) is 5.91 Å². The maximum Gasteiger partial charge on any atom is 0.228 e. The molecular weight excluding hydrogens is 384 g/mol. The molecule has 0 bridgehead atoms. The summed E-state index contributed by atoms with van der Waals surface area (Å²) in [5.41, 5.74) is 5.93. The van der Waals surface area contributed by atoms with E-state index in [0.29, 0.717) is 11.8 Å². The second-order valence-corrected chi connectivity index (χ2v) is 10.00. The van der Waals surface area contributed by atoms with Crippen LogP contribution in [0.5, 0.6) is 0 Å². The lowest BCUT2D eigenvalue weighted by Crippen LogP contribution is -2.47. The van der Waals surface area contributed by atoms with E-state index in [4.69, 9.17) is 5.10 Å². The van der Waals surface area contributed by atoms with E-state index in [0.717, 1.165) is 63.2 Å². The highest BCUT2D eigenvalue weighted by molar-refractivity contribution is 5.82. The van der Waals surface area contributed by atoms with Gasteiger partial charge >= 0.3 is 0 Å². The second kappa shape index (κ2) is 8.78. The molecule has 5 heteroatoms. The SMILES string of the molecule is Cc1ccccc1-n1nc(C)c(CN2CCC([C@@]3(C)CCCCN(C)C3=O)CC2)c1C. The molecule has 3 heterocycles. The third-order valence-electron chi connectivity index (χ3n) is 7.93. The molecule has 0 radical (unpaired) electrons. The molecule has 2 aliphatic rings. The van der Waals surface area contributed by atoms with Gasteiger partial charge in [-0.2, -0.15) is 5.10 Å². The monoisotopic (exact) mass is 422 g/mol. The molecule has 1 atom stereocenters. The van der Waals surface area contributed by atoms with Gasteiger partial charge in [0, 0.05) is 36.8 Å². The van der Waals surface area contributed by atoms with Crippen LogP contribution in [0.4, 0.5) is 0 Å². The minimum absolute atomic E-state index is 0.182. The van der Waals surface area contributed by atoms with Gasteiger partial charge in [-0.1, -0.05) is 31.5 Å². The average molecular weight is 423 g/mol. The van der Waals surface area contributed by atoms with E-state index in [9.17, 15) is 4.79 Å². The van der Waals surface area contributed by atoms with Crippen LogP contribution in [-0.2, 0) is 11.3 Å². The van der Waals surface area contributed by atoms with Crippen molar-refractivity contribution in [3.8, 4) is 5.69 Å². The summed E-state index contributed by atoms with van der Waals surface area (Å²) in [4.78, 5) is 17.6. The molecule has 0 spiro atoms. The maximum atomic E-state index is 13.1. The maximum absolute atomic E-state index is 13.1. The molecular formula is C26H38N4O. The number of aryl methyl sites for hydroxylation is 2. The standard InChI is InChI=1S/C26H38N4O/c1-19-10-6-7-11-24(19)30-21(3)23(20(2)27-30)18-29-16-12-22(13-17-29)26(4)14-8-9-15-28(5)25(26)31/h6-7,10-11,22H,8-9,12-18H2,1-5H3/t26-/m1/s1. The van der Waals surface area contributed by atoms with Crippen molar-refractivity contribution in [3.05, 3.63) is 46.8 Å². The van der Waals surface area contributed by atoms with Crippen molar-refractivity contribution < 1.29 is 4.79 Å². The summed E-state index contributed by atoms with van der Waals surface area (Å²) in [5.74, 6) is 0.864. The smallest absolute Gasteiger partial charge is 0.228 e. The van der Waals surface area contributed by atoms with Crippen molar-refractivity contribution in [2.24, 2.45) is 11.3 Å². The highest BCUT2D eigenvalue weighted by Crippen LogP contribution is 2.42. The summed E-state index contributed by atoms with van der Waals surface area (Å²) in [5, 5.41) is 4.87. The van der Waals surface area contributed by atoms with Crippen LogP contribution in [0.1, 0.15) is 61.5 Å². The van der Waals surface area contributed by atoms with Crippen LogP contribution in [0.15, 0.2) is 24.3 Å². The molecule has 5 nitrogen and oxygen atoms in total. The fourth-order valence-corrected chi connectivity index (χ4v) is 5.76. The molecule has 168 valence electrons. The number of piperidine rings is 1. The molecule has 1 aromatic carbocycles. The second-order valence-electron chi connectivity index (χ2n) is 10.00. The van der Waals surface area contributed by atoms with Crippen LogP contribution in [0.25, 0.3) is 5.69 Å². The molecule has 2 saturated heterocycles. The average Bonchev–Trinajstić information content (AvgIpc) is 2.96. The molecule has 0 aliphatic carbocycles. The van der Waals surface area contributed by atoms with Crippen molar-refractivity contribution in [1.82, 2.24) is 19.6 Å². The van der Waals surface area contributed by atoms with Crippen molar-refractivity contribution >= 4 is 5.91 Å². The minimum Gasteiger partial charge on any atom is -0.345 e. The largest absolute Gasteiger partial charge is 0.345 e. The molecule has 0 saturated carbocycles. The molecule has 31 heavy (non-hydrogen) atoms. The normalized spacial score (nSPS) is 23.9. The lowest BCUT2D eigenvalue weighted by Gasteiger charge is -2.42. The van der Waals surface area contributed by atoms with E-state index in [-0.39, 0.29) is 5.41 Å². The molecule has 1 aromatic heterocycles. The predicted molar refractivity (Wildman–Crippen MR) is 125 cm³/mol. The van der Waals surface area contributed by atoms with Gasteiger partial charge in [0.25, 0.3) is 0 Å². The topological polar surface area (TPSA) is 41.4 Å². The Morgan fingerprint density at radius 3 is 2.48 bits per heavy atom. The van der Waals surface area contributed by atoms with E-state index in [1.165, 1.54) is 23.2 Å². The highest BCUT2D eigenvalue weighted by Gasteiger charge is 2.44. The van der Waals surface area contributed by atoms with Crippen molar-refractivity contribution in [3.63, 3.8) is 0 Å². The summed E-state index contributed by atoms with van der Waals surface area (Å²) >= 11 is 0. The zero-order valence-corrected chi connectivity index (χ0v) is 19.9. The number of hydrogen-bond donors (Lipinski definition) is 0. The van der Waals surface area contributed by atoms with Crippen LogP contribution >= 0.6 is 0 Å². The van der Waals surface area contributed by atoms with Crippen molar-refractivity contribution in [2.45, 2.75) is 66.3 Å². The molecule has 2 fully saturated rings. The number of rotatable bonds is 4. The first-order chi connectivity index (χ1) is 14.8. The van der Waals surface area contributed by atoms with Crippen molar-refractivity contribution in [2.75, 3.05) is 26.7 Å². The summed E-state index contributed by atoms with van der Waals surface area (Å²) in [6, 6.07) is 8.44. The van der Waals surface area contributed by atoms with Crippen LogP contribution < -0.4 is 0 Å². The zero-order valence-electron chi connectivity index (χ0n) is 19.9. The van der Waals surface area contributed by atoms with Crippen LogP contribution in [0.3, 0.4) is 0 Å². The zero-order chi connectivity index (χ0) is 22.2. The molecule has 2 aromatic rings. The number of benzene rings is 1. The van der Waals surface area contributed by atoms with Gasteiger partial charge in [-0.05, 0) is 77.1 Å². The quantitative estimate of drug-likeness (QED) is 0.720. The fourth-order valence-electron chi connectivity index (χ4n) is 5.76. The highest BCUT2D eigenvalue weighted by atomic mass is 16.2. The Kier molecular flexibility index (Phi) is 6.25. The van der Waals surface area contributed by atoms with Gasteiger partial charge in [0.15, 0.2) is 0 Å². The van der Waals surface area contributed by atoms with Crippen LogP contribution in [-0.4, -0.2) is 52.2 Å². The first kappa shape index (κ1) is 22.1. The lowest BCUT2D eigenvalue weighted by atomic mass is 9.69. The van der Waals surface area contributed by atoms with E-state index >= 15 is 0 Å². The molecule has 4 rings (SSSR count). The van der Waals surface area contributed by atoms with Crippen LogP contribution in [0.2, 0.25) is 0 Å². The van der Waals surface area contributed by atoms with Gasteiger partial charge < -0.3 is 4.90 Å². The Balaban J connectivity index is 1.45. The third-order valence-corrected chi connectivity index (χ3v) is 7.93. The van der Waals surface area contributed by atoms with Gasteiger partial charge in [0.05, 0.1) is 11.4 Å². The predicted octanol–water partition coefficient (Wildman–Crippen LogP) is 4.66. The first-order valence-corrected chi connectivity index (χ1v) is 11.9. The Bertz CT molecular complexity index is 941. The number of carbonyl (C=O) groups is 1. The number of carbonyl (C=O) groups excluding carboxylic acids is 1. The first-order valence-electron chi connectivity index (χ1n) is 11.9. The number of nitrogens with zero attached hydrogens (tertiary/aromatic N) is 4. The summed E-state index contributed by atoms with van der Waals surface area (Å²) in [7, 11) is 1.98. The van der Waals surface area contributed by atoms with Crippen LogP contribution in [0, 0.1) is 32.1 Å². The van der Waals surface area contributed by atoms with Gasteiger partial charge in [-0.3, -0.25) is 9.69 Å². The third kappa shape index (κ3) is 4.17. The van der Waals surface area contributed by atoms with E-state index in [2.05, 4.69) is 61.5 Å². The Morgan fingerprint density at radius 2 is 1.77 bits per heavy atom. The van der Waals surface area contributed by atoms with Gasteiger partial charge in [-0.25, -0.2) is 4.68 Å². The molecule has 1 amide bonds.